The summed E-state index contributed by atoms with van der Waals surface area (Å²) < 4.78 is 0. The molecule has 0 aromatic carbocycles. The van der Waals surface area contributed by atoms with E-state index in [-0.39, 0.29) is 12.2 Å². The highest BCUT2D eigenvalue weighted by molar-refractivity contribution is 7.80. The SMILES string of the molecule is NC(=O)CC(N)C(=O)NC(CS)C(=O)NC(CCC(=O)O)C(=O)NCC(=O)O. The van der Waals surface area contributed by atoms with Crippen molar-refractivity contribution in [1.82, 2.24) is 16.0 Å². The summed E-state index contributed by atoms with van der Waals surface area (Å²) >= 11 is 3.91. The number of hydrogen-bond donors (Lipinski definition) is 8. The number of carboxylic acids is 2. The molecule has 158 valence electrons. The van der Waals surface area contributed by atoms with Crippen molar-refractivity contribution in [3.8, 4) is 0 Å². The fraction of sp³-hybridized carbons (Fsp3) is 0.571. The molecule has 13 nitrogen and oxygen atoms in total. The van der Waals surface area contributed by atoms with Crippen LogP contribution in [0.25, 0.3) is 0 Å². The molecule has 0 saturated carbocycles. The van der Waals surface area contributed by atoms with Crippen LogP contribution < -0.4 is 27.4 Å². The van der Waals surface area contributed by atoms with Crippen LogP contribution in [-0.2, 0) is 28.8 Å². The standard InChI is InChI=1S/C14H23N5O8S/c15-6(3-9(16)20)12(25)19-8(5-28)14(27)18-7(1-2-10(21)22)13(26)17-4-11(23)24/h6-8,28H,1-5,15H2,(H2,16,20)(H,17,26)(H,18,27)(H,19,25)(H,21,22)(H,23,24). The molecule has 4 amide bonds. The van der Waals surface area contributed by atoms with Gasteiger partial charge >= 0.3 is 11.9 Å². The number of thiol groups is 1. The van der Waals surface area contributed by atoms with Crippen molar-refractivity contribution in [1.29, 1.82) is 0 Å². The Labute approximate surface area is 165 Å². The zero-order chi connectivity index (χ0) is 21.9. The molecule has 0 rings (SSSR count). The maximum atomic E-state index is 12.3. The Hall–Kier alpha value is -2.87. The van der Waals surface area contributed by atoms with Crippen LogP contribution in [0.3, 0.4) is 0 Å². The van der Waals surface area contributed by atoms with Gasteiger partial charge in [-0.25, -0.2) is 0 Å². The Morgan fingerprint density at radius 3 is 1.93 bits per heavy atom. The molecule has 0 aromatic heterocycles. The van der Waals surface area contributed by atoms with Crippen molar-refractivity contribution >= 4 is 48.2 Å². The van der Waals surface area contributed by atoms with Crippen LogP contribution in [0, 0.1) is 0 Å². The molecule has 0 aromatic rings. The Morgan fingerprint density at radius 1 is 0.893 bits per heavy atom. The van der Waals surface area contributed by atoms with E-state index in [0.717, 1.165) is 0 Å². The van der Waals surface area contributed by atoms with Crippen molar-refractivity contribution in [3.05, 3.63) is 0 Å². The van der Waals surface area contributed by atoms with Gasteiger partial charge in [0.2, 0.25) is 23.6 Å². The number of primary amides is 1. The summed E-state index contributed by atoms with van der Waals surface area (Å²) in [6.07, 6.45) is -1.25. The van der Waals surface area contributed by atoms with Crippen molar-refractivity contribution in [2.75, 3.05) is 12.3 Å². The summed E-state index contributed by atoms with van der Waals surface area (Å²) in [6.45, 7) is -0.729. The van der Waals surface area contributed by atoms with E-state index in [2.05, 4.69) is 23.3 Å². The second kappa shape index (κ2) is 12.5. The van der Waals surface area contributed by atoms with Crippen LogP contribution in [0.1, 0.15) is 19.3 Å². The summed E-state index contributed by atoms with van der Waals surface area (Å²) in [5.74, 6) is -6.24. The average Bonchev–Trinajstić information content (AvgIpc) is 2.59. The molecule has 0 saturated heterocycles. The third kappa shape index (κ3) is 10.3. The number of hydrogen-bond acceptors (Lipinski definition) is 8. The lowest BCUT2D eigenvalue weighted by molar-refractivity contribution is -0.140. The Bertz CT molecular complexity index is 629. The van der Waals surface area contributed by atoms with Gasteiger partial charge in [0.25, 0.3) is 0 Å². The zero-order valence-electron chi connectivity index (χ0n) is 14.7. The van der Waals surface area contributed by atoms with E-state index in [1.807, 2.05) is 5.32 Å². The molecule has 0 aliphatic rings. The first-order valence-corrected chi connectivity index (χ1v) is 8.57. The van der Waals surface area contributed by atoms with Gasteiger partial charge in [-0.1, -0.05) is 0 Å². The molecule has 0 heterocycles. The molecular weight excluding hydrogens is 398 g/mol. The van der Waals surface area contributed by atoms with E-state index >= 15 is 0 Å². The minimum atomic E-state index is -1.36. The molecular formula is C14H23N5O8S. The second-order valence-electron chi connectivity index (χ2n) is 5.63. The zero-order valence-corrected chi connectivity index (χ0v) is 15.6. The van der Waals surface area contributed by atoms with Crippen LogP contribution in [0.4, 0.5) is 0 Å². The minimum absolute atomic E-state index is 0.205. The number of carbonyl (C=O) groups excluding carboxylic acids is 4. The number of amides is 4. The molecule has 0 radical (unpaired) electrons. The van der Waals surface area contributed by atoms with Gasteiger partial charge < -0.3 is 37.6 Å². The summed E-state index contributed by atoms with van der Waals surface area (Å²) in [4.78, 5) is 68.2. The predicted octanol–water partition coefficient (Wildman–Crippen LogP) is -3.85. The number of rotatable bonds is 13. The highest BCUT2D eigenvalue weighted by Gasteiger charge is 2.28. The fourth-order valence-corrected chi connectivity index (χ4v) is 2.13. The van der Waals surface area contributed by atoms with Crippen LogP contribution in [0.15, 0.2) is 0 Å². The molecule has 3 unspecified atom stereocenters. The molecule has 3 atom stereocenters. The highest BCUT2D eigenvalue weighted by Crippen LogP contribution is 2.01. The van der Waals surface area contributed by atoms with Gasteiger partial charge in [-0.2, -0.15) is 12.6 Å². The smallest absolute Gasteiger partial charge is 0.322 e. The van der Waals surface area contributed by atoms with Gasteiger partial charge in [-0.05, 0) is 6.42 Å². The van der Waals surface area contributed by atoms with Gasteiger partial charge in [0.05, 0.1) is 12.5 Å². The maximum absolute atomic E-state index is 12.3. The molecule has 0 bridgehead atoms. The van der Waals surface area contributed by atoms with Crippen molar-refractivity contribution in [2.24, 2.45) is 11.5 Å². The van der Waals surface area contributed by atoms with Gasteiger partial charge in [0, 0.05) is 12.2 Å². The van der Waals surface area contributed by atoms with Crippen LogP contribution in [0.5, 0.6) is 0 Å². The van der Waals surface area contributed by atoms with E-state index in [9.17, 15) is 28.8 Å². The first-order valence-electron chi connectivity index (χ1n) is 7.94. The first-order chi connectivity index (χ1) is 13.0. The minimum Gasteiger partial charge on any atom is -0.481 e. The van der Waals surface area contributed by atoms with Gasteiger partial charge in [-0.3, -0.25) is 28.8 Å². The fourth-order valence-electron chi connectivity index (χ4n) is 1.88. The molecule has 0 spiro atoms. The molecule has 28 heavy (non-hydrogen) atoms. The van der Waals surface area contributed by atoms with Crippen molar-refractivity contribution in [2.45, 2.75) is 37.4 Å². The molecule has 0 fully saturated rings. The largest absolute Gasteiger partial charge is 0.481 e. The summed E-state index contributed by atoms with van der Waals surface area (Å²) in [5.41, 5.74) is 10.4. The Kier molecular flexibility index (Phi) is 11.2. The molecule has 14 heteroatoms. The highest BCUT2D eigenvalue weighted by atomic mass is 32.1. The Morgan fingerprint density at radius 2 is 1.46 bits per heavy atom. The molecule has 0 aliphatic heterocycles. The van der Waals surface area contributed by atoms with Crippen LogP contribution in [0.2, 0.25) is 0 Å². The summed E-state index contributed by atoms with van der Waals surface area (Å²) in [7, 11) is 0. The van der Waals surface area contributed by atoms with E-state index < -0.39 is 73.1 Å². The number of aliphatic carboxylic acids is 2. The van der Waals surface area contributed by atoms with Crippen LogP contribution in [-0.4, -0.2) is 76.2 Å². The summed E-state index contributed by atoms with van der Waals surface area (Å²) in [6, 6.07) is -3.91. The van der Waals surface area contributed by atoms with E-state index in [1.165, 1.54) is 0 Å². The summed E-state index contributed by atoms with van der Waals surface area (Å²) in [5, 5.41) is 23.8. The van der Waals surface area contributed by atoms with Gasteiger partial charge in [0.1, 0.15) is 18.6 Å². The topological polar surface area (TPSA) is 231 Å². The maximum Gasteiger partial charge on any atom is 0.322 e. The lowest BCUT2D eigenvalue weighted by Gasteiger charge is -2.22. The quantitative estimate of drug-likeness (QED) is 0.136. The van der Waals surface area contributed by atoms with Crippen molar-refractivity contribution < 1.29 is 39.0 Å². The number of carbonyl (C=O) groups is 6. The van der Waals surface area contributed by atoms with Gasteiger partial charge in [0.15, 0.2) is 0 Å². The third-order valence-electron chi connectivity index (χ3n) is 3.27. The predicted molar refractivity (Wildman–Crippen MR) is 97.0 cm³/mol. The Balaban J connectivity index is 5.03. The van der Waals surface area contributed by atoms with Crippen LogP contribution >= 0.6 is 12.6 Å². The average molecular weight is 421 g/mol. The second-order valence-corrected chi connectivity index (χ2v) is 5.99. The number of nitrogens with two attached hydrogens (primary N) is 2. The lowest BCUT2D eigenvalue weighted by atomic mass is 10.1. The molecule has 0 aliphatic carbocycles. The number of nitrogens with one attached hydrogen (secondary N) is 3. The third-order valence-corrected chi connectivity index (χ3v) is 3.63. The lowest BCUT2D eigenvalue weighted by Crippen LogP contribution is -2.57. The van der Waals surface area contributed by atoms with Gasteiger partial charge in [-0.15, -0.1) is 0 Å². The van der Waals surface area contributed by atoms with E-state index in [0.29, 0.717) is 0 Å². The normalized spacial score (nSPS) is 13.5. The van der Waals surface area contributed by atoms with E-state index in [4.69, 9.17) is 21.7 Å². The molecule has 9 N–H and O–H groups in total. The van der Waals surface area contributed by atoms with E-state index in [1.54, 1.807) is 0 Å². The van der Waals surface area contributed by atoms with Crippen molar-refractivity contribution in [3.63, 3.8) is 0 Å². The monoisotopic (exact) mass is 421 g/mol. The number of carboxylic acid groups (broad SMARTS) is 2. The first kappa shape index (κ1) is 25.1.